The number of carbonyl (C=O) groups is 2. The summed E-state index contributed by atoms with van der Waals surface area (Å²) in [7, 11) is 0. The van der Waals surface area contributed by atoms with Gasteiger partial charge in [0.15, 0.2) is 17.5 Å². The highest BCUT2D eigenvalue weighted by molar-refractivity contribution is 7.14. The van der Waals surface area contributed by atoms with Crippen LogP contribution in [0.1, 0.15) is 38.0 Å². The summed E-state index contributed by atoms with van der Waals surface area (Å²) in [5, 5.41) is 7.68. The van der Waals surface area contributed by atoms with Crippen LogP contribution in [0.5, 0.6) is 5.75 Å². The van der Waals surface area contributed by atoms with Crippen LogP contribution in [-0.4, -0.2) is 23.4 Å². The summed E-state index contributed by atoms with van der Waals surface area (Å²) in [6, 6.07) is 11.3. The Bertz CT molecular complexity index is 993. The van der Waals surface area contributed by atoms with E-state index in [2.05, 4.69) is 29.5 Å². The molecule has 2 N–H and O–H groups in total. The van der Waals surface area contributed by atoms with Crippen molar-refractivity contribution >= 4 is 28.3 Å². The Hall–Kier alpha value is -3.13. The number of para-hydroxylation sites is 1. The molecule has 0 aliphatic rings. The zero-order valence-electron chi connectivity index (χ0n) is 16.5. The summed E-state index contributed by atoms with van der Waals surface area (Å²) < 4.78 is 11.4. The van der Waals surface area contributed by atoms with E-state index >= 15 is 0 Å². The second-order valence-corrected chi connectivity index (χ2v) is 7.60. The molecular weight excluding hydrogens is 390 g/mol. The first-order valence-corrected chi connectivity index (χ1v) is 10.1. The van der Waals surface area contributed by atoms with Crippen LogP contribution in [0.25, 0.3) is 11.5 Å². The standard InChI is InChI=1S/C21H23N3O4S/c1-13(2)16-6-4-5-7-18(16)27-11-20(26)24-21-23-17(12-29-21)19-9-8-15(28-19)10-22-14(3)25/h4-9,12-13H,10-11H2,1-3H3,(H,22,25)(H,23,24,26). The Morgan fingerprint density at radius 2 is 2.00 bits per heavy atom. The van der Waals surface area contributed by atoms with Crippen molar-refractivity contribution < 1.29 is 18.7 Å². The molecule has 0 spiro atoms. The van der Waals surface area contributed by atoms with E-state index in [1.165, 1.54) is 18.3 Å². The van der Waals surface area contributed by atoms with E-state index in [0.717, 1.165) is 5.56 Å². The van der Waals surface area contributed by atoms with Crippen molar-refractivity contribution in [1.82, 2.24) is 10.3 Å². The van der Waals surface area contributed by atoms with E-state index in [9.17, 15) is 9.59 Å². The summed E-state index contributed by atoms with van der Waals surface area (Å²) in [4.78, 5) is 27.6. The van der Waals surface area contributed by atoms with E-state index in [4.69, 9.17) is 9.15 Å². The normalized spacial score (nSPS) is 10.8. The fourth-order valence-corrected chi connectivity index (χ4v) is 3.37. The topological polar surface area (TPSA) is 93.5 Å². The smallest absolute Gasteiger partial charge is 0.264 e. The van der Waals surface area contributed by atoms with Crippen LogP contribution in [0, 0.1) is 0 Å². The van der Waals surface area contributed by atoms with E-state index in [1.54, 1.807) is 17.5 Å². The van der Waals surface area contributed by atoms with Gasteiger partial charge in [0.1, 0.15) is 17.2 Å². The van der Waals surface area contributed by atoms with Gasteiger partial charge in [-0.15, -0.1) is 11.3 Å². The maximum atomic E-state index is 12.2. The van der Waals surface area contributed by atoms with E-state index < -0.39 is 0 Å². The number of furan rings is 1. The van der Waals surface area contributed by atoms with Crippen molar-refractivity contribution in [3.63, 3.8) is 0 Å². The van der Waals surface area contributed by atoms with Crippen LogP contribution in [0.3, 0.4) is 0 Å². The highest BCUT2D eigenvalue weighted by Gasteiger charge is 2.13. The zero-order chi connectivity index (χ0) is 20.8. The molecule has 0 unspecified atom stereocenters. The second kappa shape index (κ2) is 9.38. The average molecular weight is 413 g/mol. The number of thiazole rings is 1. The Labute approximate surface area is 173 Å². The van der Waals surface area contributed by atoms with Gasteiger partial charge in [-0.1, -0.05) is 32.0 Å². The fraction of sp³-hybridized carbons (Fsp3) is 0.286. The minimum Gasteiger partial charge on any atom is -0.483 e. The van der Waals surface area contributed by atoms with E-state index in [1.807, 2.05) is 24.3 Å². The van der Waals surface area contributed by atoms with Crippen LogP contribution in [0.2, 0.25) is 0 Å². The molecular formula is C21H23N3O4S. The molecule has 2 aromatic heterocycles. The van der Waals surface area contributed by atoms with Crippen molar-refractivity contribution in [2.45, 2.75) is 33.2 Å². The molecule has 152 valence electrons. The molecule has 3 aromatic rings. The largest absolute Gasteiger partial charge is 0.483 e. The Morgan fingerprint density at radius 1 is 1.21 bits per heavy atom. The molecule has 0 saturated carbocycles. The molecule has 7 nitrogen and oxygen atoms in total. The van der Waals surface area contributed by atoms with Crippen LogP contribution in [0.4, 0.5) is 5.13 Å². The van der Waals surface area contributed by atoms with Gasteiger partial charge in [-0.3, -0.25) is 14.9 Å². The van der Waals surface area contributed by atoms with E-state index in [0.29, 0.717) is 40.6 Å². The molecule has 8 heteroatoms. The molecule has 2 amide bonds. The molecule has 29 heavy (non-hydrogen) atoms. The van der Waals surface area contributed by atoms with Crippen molar-refractivity contribution in [2.75, 3.05) is 11.9 Å². The lowest BCUT2D eigenvalue weighted by Gasteiger charge is -2.13. The molecule has 0 radical (unpaired) electrons. The fourth-order valence-electron chi connectivity index (χ4n) is 2.65. The predicted octanol–water partition coefficient (Wildman–Crippen LogP) is 4.18. The molecule has 0 aliphatic carbocycles. The number of aromatic nitrogens is 1. The number of rotatable bonds is 8. The van der Waals surface area contributed by atoms with Gasteiger partial charge in [0.05, 0.1) is 6.54 Å². The van der Waals surface area contributed by atoms with Crippen LogP contribution >= 0.6 is 11.3 Å². The van der Waals surface area contributed by atoms with Crippen molar-refractivity contribution in [3.8, 4) is 17.2 Å². The summed E-state index contributed by atoms with van der Waals surface area (Å²) >= 11 is 1.30. The molecule has 0 fully saturated rings. The number of nitrogens with zero attached hydrogens (tertiary/aromatic N) is 1. The predicted molar refractivity (Wildman–Crippen MR) is 112 cm³/mol. The first-order chi connectivity index (χ1) is 13.9. The summed E-state index contributed by atoms with van der Waals surface area (Å²) in [5.74, 6) is 1.81. The lowest BCUT2D eigenvalue weighted by molar-refractivity contribution is -0.119. The molecule has 0 saturated heterocycles. The Morgan fingerprint density at radius 3 is 2.76 bits per heavy atom. The summed E-state index contributed by atoms with van der Waals surface area (Å²) in [6.45, 7) is 5.83. The molecule has 3 rings (SSSR count). The third kappa shape index (κ3) is 5.68. The first kappa shape index (κ1) is 20.6. The molecule has 2 heterocycles. The number of ether oxygens (including phenoxy) is 1. The zero-order valence-corrected chi connectivity index (χ0v) is 17.3. The molecule has 0 atom stereocenters. The third-order valence-corrected chi connectivity index (χ3v) is 4.83. The average Bonchev–Trinajstić information content (AvgIpc) is 3.34. The van der Waals surface area contributed by atoms with Crippen LogP contribution in [0.15, 0.2) is 46.2 Å². The van der Waals surface area contributed by atoms with Gasteiger partial charge < -0.3 is 14.5 Å². The van der Waals surface area contributed by atoms with Crippen molar-refractivity contribution in [3.05, 3.63) is 53.1 Å². The monoisotopic (exact) mass is 413 g/mol. The van der Waals surface area contributed by atoms with Crippen LogP contribution < -0.4 is 15.4 Å². The Kier molecular flexibility index (Phi) is 6.66. The SMILES string of the molecule is CC(=O)NCc1ccc(-c2csc(NC(=O)COc3ccccc3C(C)C)n2)o1. The highest BCUT2D eigenvalue weighted by atomic mass is 32.1. The number of hydrogen-bond donors (Lipinski definition) is 2. The lowest BCUT2D eigenvalue weighted by atomic mass is 10.0. The van der Waals surface area contributed by atoms with Gasteiger partial charge in [-0.25, -0.2) is 4.98 Å². The number of carbonyl (C=O) groups excluding carboxylic acids is 2. The number of benzene rings is 1. The number of anilines is 1. The van der Waals surface area contributed by atoms with Gasteiger partial charge in [-0.05, 0) is 29.7 Å². The number of hydrogen-bond acceptors (Lipinski definition) is 6. The highest BCUT2D eigenvalue weighted by Crippen LogP contribution is 2.27. The van der Waals surface area contributed by atoms with Crippen molar-refractivity contribution in [2.24, 2.45) is 0 Å². The van der Waals surface area contributed by atoms with Crippen LogP contribution in [-0.2, 0) is 16.1 Å². The molecule has 0 aliphatic heterocycles. The van der Waals surface area contributed by atoms with E-state index in [-0.39, 0.29) is 18.4 Å². The molecule has 1 aromatic carbocycles. The quantitative estimate of drug-likeness (QED) is 0.578. The van der Waals surface area contributed by atoms with Gasteiger partial charge in [0.25, 0.3) is 5.91 Å². The number of nitrogens with one attached hydrogen (secondary N) is 2. The number of amides is 2. The minimum atomic E-state index is -0.282. The second-order valence-electron chi connectivity index (χ2n) is 6.74. The minimum absolute atomic E-state index is 0.0970. The van der Waals surface area contributed by atoms with Gasteiger partial charge >= 0.3 is 0 Å². The first-order valence-electron chi connectivity index (χ1n) is 9.23. The van der Waals surface area contributed by atoms with Gasteiger partial charge in [0.2, 0.25) is 5.91 Å². The van der Waals surface area contributed by atoms with Gasteiger partial charge in [-0.2, -0.15) is 0 Å². The van der Waals surface area contributed by atoms with Gasteiger partial charge in [0, 0.05) is 12.3 Å². The van der Waals surface area contributed by atoms with Crippen molar-refractivity contribution in [1.29, 1.82) is 0 Å². The Balaban J connectivity index is 1.56. The summed E-state index contributed by atoms with van der Waals surface area (Å²) in [5.41, 5.74) is 1.68. The molecule has 0 bridgehead atoms. The summed E-state index contributed by atoms with van der Waals surface area (Å²) in [6.07, 6.45) is 0. The third-order valence-electron chi connectivity index (χ3n) is 4.08. The maximum Gasteiger partial charge on any atom is 0.264 e. The maximum absolute atomic E-state index is 12.2. The lowest BCUT2D eigenvalue weighted by Crippen LogP contribution is -2.20.